The third-order valence-corrected chi connectivity index (χ3v) is 4.29. The molecular formula is C21H20ClN3O. The first-order chi connectivity index (χ1) is 12.6. The van der Waals surface area contributed by atoms with Gasteiger partial charge in [0.05, 0.1) is 0 Å². The molecule has 4 nitrogen and oxygen atoms in total. The van der Waals surface area contributed by atoms with Gasteiger partial charge in [-0.2, -0.15) is 0 Å². The normalized spacial score (nSPS) is 10.4. The molecule has 26 heavy (non-hydrogen) atoms. The van der Waals surface area contributed by atoms with E-state index in [2.05, 4.69) is 10.3 Å². The summed E-state index contributed by atoms with van der Waals surface area (Å²) in [5, 5.41) is 4.07. The molecule has 0 unspecified atom stereocenters. The summed E-state index contributed by atoms with van der Waals surface area (Å²) in [7, 11) is 1.75. The van der Waals surface area contributed by atoms with Crippen LogP contribution in [0.2, 0.25) is 5.02 Å². The van der Waals surface area contributed by atoms with Crippen LogP contribution >= 0.6 is 11.6 Å². The number of aromatic nitrogens is 1. The molecular weight excluding hydrogens is 346 g/mol. The van der Waals surface area contributed by atoms with E-state index in [0.29, 0.717) is 5.69 Å². The third-order valence-electron chi connectivity index (χ3n) is 4.06. The third kappa shape index (κ3) is 4.61. The molecule has 0 aliphatic rings. The second-order valence-corrected chi connectivity index (χ2v) is 6.37. The maximum Gasteiger partial charge on any atom is 0.276 e. The number of nitrogens with one attached hydrogen (secondary N) is 1. The molecule has 3 aromatic rings. The van der Waals surface area contributed by atoms with Crippen molar-refractivity contribution in [3.63, 3.8) is 0 Å². The molecule has 1 heterocycles. The molecule has 0 spiro atoms. The number of amides is 1. The van der Waals surface area contributed by atoms with Crippen molar-refractivity contribution in [2.24, 2.45) is 0 Å². The highest BCUT2D eigenvalue weighted by molar-refractivity contribution is 6.30. The first-order valence-electron chi connectivity index (χ1n) is 8.41. The highest BCUT2D eigenvalue weighted by Gasteiger charge is 2.15. The molecule has 3 rings (SSSR count). The van der Waals surface area contributed by atoms with E-state index in [-0.39, 0.29) is 5.91 Å². The monoisotopic (exact) mass is 365 g/mol. The number of halogens is 1. The zero-order chi connectivity index (χ0) is 18.4. The summed E-state index contributed by atoms with van der Waals surface area (Å²) < 4.78 is 0. The fraction of sp³-hybridized carbons (Fsp3) is 0.143. The molecule has 0 saturated carbocycles. The zero-order valence-corrected chi connectivity index (χ0v) is 15.3. The van der Waals surface area contributed by atoms with E-state index in [1.54, 1.807) is 24.2 Å². The largest absolute Gasteiger partial charge is 0.385 e. The number of carbonyl (C=O) groups is 1. The number of pyridine rings is 1. The Morgan fingerprint density at radius 1 is 1.08 bits per heavy atom. The lowest BCUT2D eigenvalue weighted by Crippen LogP contribution is -2.27. The van der Waals surface area contributed by atoms with Crippen LogP contribution in [0.4, 0.5) is 11.4 Å². The molecule has 1 aromatic heterocycles. The smallest absolute Gasteiger partial charge is 0.276 e. The van der Waals surface area contributed by atoms with Gasteiger partial charge in [-0.3, -0.25) is 9.78 Å². The summed E-state index contributed by atoms with van der Waals surface area (Å²) in [6.45, 7) is 0.743. The Hall–Kier alpha value is -2.85. The van der Waals surface area contributed by atoms with Crippen LogP contribution in [0.15, 0.2) is 72.9 Å². The van der Waals surface area contributed by atoms with Gasteiger partial charge in [-0.15, -0.1) is 0 Å². The van der Waals surface area contributed by atoms with Gasteiger partial charge < -0.3 is 10.2 Å². The predicted octanol–water partition coefficient (Wildman–Crippen LogP) is 4.67. The summed E-state index contributed by atoms with van der Waals surface area (Å²) in [4.78, 5) is 18.5. The van der Waals surface area contributed by atoms with Crippen LogP contribution < -0.4 is 10.2 Å². The van der Waals surface area contributed by atoms with E-state index in [1.807, 2.05) is 60.7 Å². The fourth-order valence-electron chi connectivity index (χ4n) is 2.64. The van der Waals surface area contributed by atoms with E-state index in [4.69, 9.17) is 11.6 Å². The van der Waals surface area contributed by atoms with Gasteiger partial charge in [0.15, 0.2) is 0 Å². The highest BCUT2D eigenvalue weighted by Crippen LogP contribution is 2.16. The zero-order valence-electron chi connectivity index (χ0n) is 14.5. The SMILES string of the molecule is CN(C(=O)c1cc(NCCc2cccc(Cl)c2)ccn1)c1ccccc1. The quantitative estimate of drug-likeness (QED) is 0.690. The number of benzene rings is 2. The number of anilines is 2. The molecule has 2 aromatic carbocycles. The molecule has 0 aliphatic heterocycles. The van der Waals surface area contributed by atoms with E-state index >= 15 is 0 Å². The Morgan fingerprint density at radius 3 is 2.65 bits per heavy atom. The Bertz CT molecular complexity index is 883. The number of nitrogens with zero attached hydrogens (tertiary/aromatic N) is 2. The molecule has 0 aliphatic carbocycles. The van der Waals surface area contributed by atoms with Crippen LogP contribution in [0.5, 0.6) is 0 Å². The van der Waals surface area contributed by atoms with Crippen LogP contribution in [0, 0.1) is 0 Å². The molecule has 0 atom stereocenters. The van der Waals surface area contributed by atoms with Crippen LogP contribution in [0.1, 0.15) is 16.1 Å². The average Bonchev–Trinajstić information content (AvgIpc) is 2.68. The molecule has 0 radical (unpaired) electrons. The van der Waals surface area contributed by atoms with E-state index in [0.717, 1.165) is 29.4 Å². The number of hydrogen-bond acceptors (Lipinski definition) is 3. The molecule has 1 amide bonds. The van der Waals surface area contributed by atoms with Crippen LogP contribution in [0.25, 0.3) is 0 Å². The van der Waals surface area contributed by atoms with Crippen molar-refractivity contribution < 1.29 is 4.79 Å². The Labute approximate surface area is 158 Å². The summed E-state index contributed by atoms with van der Waals surface area (Å²) in [6.07, 6.45) is 2.49. The number of hydrogen-bond donors (Lipinski definition) is 1. The lowest BCUT2D eigenvalue weighted by molar-refractivity contribution is 0.0988. The van der Waals surface area contributed by atoms with Crippen molar-refractivity contribution in [3.05, 3.63) is 89.2 Å². The van der Waals surface area contributed by atoms with Crippen molar-refractivity contribution in [1.82, 2.24) is 4.98 Å². The van der Waals surface area contributed by atoms with E-state index in [1.165, 1.54) is 5.56 Å². The highest BCUT2D eigenvalue weighted by atomic mass is 35.5. The number of para-hydroxylation sites is 1. The maximum atomic E-state index is 12.7. The molecule has 132 valence electrons. The standard InChI is InChI=1S/C21H20ClN3O/c1-25(19-8-3-2-4-9-19)21(26)20-15-18(11-13-24-20)23-12-10-16-6-5-7-17(22)14-16/h2-9,11,13-15H,10,12H2,1H3,(H,23,24). The minimum absolute atomic E-state index is 0.144. The van der Waals surface area contributed by atoms with Crippen molar-refractivity contribution in [2.45, 2.75) is 6.42 Å². The van der Waals surface area contributed by atoms with Crippen molar-refractivity contribution in [2.75, 3.05) is 23.8 Å². The number of rotatable bonds is 6. The topological polar surface area (TPSA) is 45.2 Å². The summed E-state index contributed by atoms with van der Waals surface area (Å²) in [5.74, 6) is -0.144. The van der Waals surface area contributed by atoms with E-state index < -0.39 is 0 Å². The molecule has 1 N–H and O–H groups in total. The van der Waals surface area contributed by atoms with Crippen molar-refractivity contribution >= 4 is 28.9 Å². The second-order valence-electron chi connectivity index (χ2n) is 5.94. The van der Waals surface area contributed by atoms with Crippen molar-refractivity contribution in [1.29, 1.82) is 0 Å². The Kier molecular flexibility index (Phi) is 5.87. The van der Waals surface area contributed by atoms with Gasteiger partial charge >= 0.3 is 0 Å². The second kappa shape index (κ2) is 8.50. The molecule has 0 fully saturated rings. The maximum absolute atomic E-state index is 12.7. The Balaban J connectivity index is 1.63. The first kappa shape index (κ1) is 18.0. The lowest BCUT2D eigenvalue weighted by atomic mass is 10.1. The van der Waals surface area contributed by atoms with Crippen LogP contribution in [0.3, 0.4) is 0 Å². The van der Waals surface area contributed by atoms with E-state index in [9.17, 15) is 4.79 Å². The first-order valence-corrected chi connectivity index (χ1v) is 8.79. The van der Waals surface area contributed by atoms with Gasteiger partial charge in [-0.1, -0.05) is 41.9 Å². The summed E-state index contributed by atoms with van der Waals surface area (Å²) in [6, 6.07) is 21.0. The molecule has 5 heteroatoms. The minimum atomic E-state index is -0.144. The van der Waals surface area contributed by atoms with Gasteiger partial charge in [0.2, 0.25) is 0 Å². The number of carbonyl (C=O) groups excluding carboxylic acids is 1. The van der Waals surface area contributed by atoms with Gasteiger partial charge in [-0.05, 0) is 48.4 Å². The minimum Gasteiger partial charge on any atom is -0.385 e. The fourth-order valence-corrected chi connectivity index (χ4v) is 2.85. The molecule has 0 saturated heterocycles. The van der Waals surface area contributed by atoms with Gasteiger partial charge in [0, 0.05) is 36.2 Å². The van der Waals surface area contributed by atoms with Crippen LogP contribution in [-0.2, 0) is 6.42 Å². The summed E-state index contributed by atoms with van der Waals surface area (Å²) >= 11 is 6.01. The van der Waals surface area contributed by atoms with Crippen molar-refractivity contribution in [3.8, 4) is 0 Å². The Morgan fingerprint density at radius 2 is 1.88 bits per heavy atom. The average molecular weight is 366 g/mol. The van der Waals surface area contributed by atoms with Crippen LogP contribution in [-0.4, -0.2) is 24.5 Å². The van der Waals surface area contributed by atoms with Gasteiger partial charge in [-0.25, -0.2) is 0 Å². The van der Waals surface area contributed by atoms with Gasteiger partial charge in [0.25, 0.3) is 5.91 Å². The van der Waals surface area contributed by atoms with Gasteiger partial charge in [0.1, 0.15) is 5.69 Å². The summed E-state index contributed by atoms with van der Waals surface area (Å²) in [5.41, 5.74) is 3.27. The lowest BCUT2D eigenvalue weighted by Gasteiger charge is -2.17. The predicted molar refractivity (Wildman–Crippen MR) is 107 cm³/mol. The molecule has 0 bridgehead atoms.